The first kappa shape index (κ1) is 15.1. The number of amides is 1. The van der Waals surface area contributed by atoms with Gasteiger partial charge in [-0.1, -0.05) is 11.6 Å². The SMILES string of the molecule is Nc1ccc(OCCC(=O)Nc2cc(F)cc(Cl)c2)cc1. The Kier molecular flexibility index (Phi) is 5.00. The molecule has 0 atom stereocenters. The van der Waals surface area contributed by atoms with Crippen molar-refractivity contribution >= 4 is 28.9 Å². The van der Waals surface area contributed by atoms with Crippen LogP contribution in [0.2, 0.25) is 5.02 Å². The number of nitrogens with one attached hydrogen (secondary N) is 1. The van der Waals surface area contributed by atoms with Crippen molar-refractivity contribution in [2.24, 2.45) is 0 Å². The van der Waals surface area contributed by atoms with E-state index in [9.17, 15) is 9.18 Å². The van der Waals surface area contributed by atoms with Crippen molar-refractivity contribution in [2.75, 3.05) is 17.7 Å². The Bertz CT molecular complexity index is 612. The maximum atomic E-state index is 13.1. The van der Waals surface area contributed by atoms with E-state index in [1.165, 1.54) is 18.2 Å². The first-order valence-corrected chi connectivity index (χ1v) is 6.65. The molecule has 0 saturated carbocycles. The molecule has 6 heteroatoms. The van der Waals surface area contributed by atoms with Crippen LogP contribution in [0.4, 0.5) is 15.8 Å². The van der Waals surface area contributed by atoms with Gasteiger partial charge in [-0.25, -0.2) is 4.39 Å². The molecule has 0 bridgehead atoms. The predicted molar refractivity (Wildman–Crippen MR) is 81.0 cm³/mol. The highest BCUT2D eigenvalue weighted by Crippen LogP contribution is 2.18. The van der Waals surface area contributed by atoms with Crippen LogP contribution in [0.5, 0.6) is 5.75 Å². The van der Waals surface area contributed by atoms with Crippen LogP contribution in [0, 0.1) is 5.82 Å². The second-order valence-electron chi connectivity index (χ2n) is 4.37. The van der Waals surface area contributed by atoms with E-state index in [1.807, 2.05) is 0 Å². The van der Waals surface area contributed by atoms with Crippen LogP contribution in [-0.4, -0.2) is 12.5 Å². The third kappa shape index (κ3) is 4.96. The lowest BCUT2D eigenvalue weighted by molar-refractivity contribution is -0.116. The van der Waals surface area contributed by atoms with Crippen molar-refractivity contribution in [3.63, 3.8) is 0 Å². The highest BCUT2D eigenvalue weighted by molar-refractivity contribution is 6.30. The highest BCUT2D eigenvalue weighted by atomic mass is 35.5. The molecule has 0 aliphatic rings. The van der Waals surface area contributed by atoms with E-state index < -0.39 is 5.82 Å². The summed E-state index contributed by atoms with van der Waals surface area (Å²) in [6, 6.07) is 10.7. The summed E-state index contributed by atoms with van der Waals surface area (Å²) < 4.78 is 18.5. The van der Waals surface area contributed by atoms with Gasteiger partial charge in [0.2, 0.25) is 5.91 Å². The van der Waals surface area contributed by atoms with Gasteiger partial charge >= 0.3 is 0 Å². The molecule has 0 fully saturated rings. The number of anilines is 2. The van der Waals surface area contributed by atoms with Gasteiger partial charge in [0.25, 0.3) is 0 Å². The molecule has 0 heterocycles. The van der Waals surface area contributed by atoms with Gasteiger partial charge in [0.05, 0.1) is 13.0 Å². The minimum Gasteiger partial charge on any atom is -0.493 e. The fraction of sp³-hybridized carbons (Fsp3) is 0.133. The van der Waals surface area contributed by atoms with Gasteiger partial charge in [-0.2, -0.15) is 0 Å². The number of benzene rings is 2. The van der Waals surface area contributed by atoms with E-state index >= 15 is 0 Å². The molecule has 0 spiro atoms. The number of rotatable bonds is 5. The minimum absolute atomic E-state index is 0.137. The molecule has 0 aliphatic heterocycles. The molecule has 0 aliphatic carbocycles. The van der Waals surface area contributed by atoms with Crippen LogP contribution in [0.3, 0.4) is 0 Å². The van der Waals surface area contributed by atoms with Gasteiger partial charge in [0.15, 0.2) is 0 Å². The smallest absolute Gasteiger partial charge is 0.227 e. The van der Waals surface area contributed by atoms with Crippen molar-refractivity contribution in [3.8, 4) is 5.75 Å². The van der Waals surface area contributed by atoms with Crippen LogP contribution in [-0.2, 0) is 4.79 Å². The third-order valence-corrected chi connectivity index (χ3v) is 2.84. The van der Waals surface area contributed by atoms with Crippen LogP contribution in [0.15, 0.2) is 42.5 Å². The normalized spacial score (nSPS) is 10.2. The zero-order valence-electron chi connectivity index (χ0n) is 11.1. The molecule has 3 N–H and O–H groups in total. The largest absolute Gasteiger partial charge is 0.493 e. The summed E-state index contributed by atoms with van der Waals surface area (Å²) in [4.78, 5) is 11.7. The Morgan fingerprint density at radius 1 is 1.24 bits per heavy atom. The molecule has 0 radical (unpaired) electrons. The Balaban J connectivity index is 1.80. The molecule has 4 nitrogen and oxygen atoms in total. The Morgan fingerprint density at radius 2 is 1.95 bits per heavy atom. The van der Waals surface area contributed by atoms with Gasteiger partial charge < -0.3 is 15.8 Å². The number of carbonyl (C=O) groups is 1. The quantitative estimate of drug-likeness (QED) is 0.831. The maximum Gasteiger partial charge on any atom is 0.227 e. The van der Waals surface area contributed by atoms with E-state index in [2.05, 4.69) is 5.32 Å². The monoisotopic (exact) mass is 308 g/mol. The Hall–Kier alpha value is -2.27. The van der Waals surface area contributed by atoms with Crippen LogP contribution in [0.25, 0.3) is 0 Å². The summed E-state index contributed by atoms with van der Waals surface area (Å²) in [5.41, 5.74) is 6.51. The van der Waals surface area contributed by atoms with E-state index in [0.717, 1.165) is 0 Å². The number of hydrogen-bond acceptors (Lipinski definition) is 3. The summed E-state index contributed by atoms with van der Waals surface area (Å²) in [5, 5.41) is 2.78. The number of carbonyl (C=O) groups excluding carboxylic acids is 1. The van der Waals surface area contributed by atoms with E-state index in [-0.39, 0.29) is 24.0 Å². The average molecular weight is 309 g/mol. The zero-order chi connectivity index (χ0) is 15.2. The molecule has 2 aromatic rings. The van der Waals surface area contributed by atoms with Crippen molar-refractivity contribution in [2.45, 2.75) is 6.42 Å². The second kappa shape index (κ2) is 6.95. The van der Waals surface area contributed by atoms with Crippen molar-refractivity contribution in [3.05, 3.63) is 53.3 Å². The predicted octanol–water partition coefficient (Wildman–Crippen LogP) is 3.47. The number of ether oxygens (including phenoxy) is 1. The summed E-state index contributed by atoms with van der Waals surface area (Å²) >= 11 is 5.70. The van der Waals surface area contributed by atoms with Crippen molar-refractivity contribution < 1.29 is 13.9 Å². The second-order valence-corrected chi connectivity index (χ2v) is 4.81. The van der Waals surface area contributed by atoms with Gasteiger partial charge in [-0.3, -0.25) is 4.79 Å². The van der Waals surface area contributed by atoms with Gasteiger partial charge in [0.1, 0.15) is 11.6 Å². The van der Waals surface area contributed by atoms with Crippen LogP contribution >= 0.6 is 11.6 Å². The van der Waals surface area contributed by atoms with Gasteiger partial charge in [-0.15, -0.1) is 0 Å². The molecule has 1 amide bonds. The van der Waals surface area contributed by atoms with Gasteiger partial charge in [-0.05, 0) is 42.5 Å². The molecular weight excluding hydrogens is 295 g/mol. The first-order valence-electron chi connectivity index (χ1n) is 6.27. The fourth-order valence-corrected chi connectivity index (χ4v) is 1.90. The van der Waals surface area contributed by atoms with E-state index in [1.54, 1.807) is 24.3 Å². The maximum absolute atomic E-state index is 13.1. The lowest BCUT2D eigenvalue weighted by atomic mass is 10.3. The average Bonchev–Trinajstić information content (AvgIpc) is 2.39. The lowest BCUT2D eigenvalue weighted by Crippen LogP contribution is -2.15. The van der Waals surface area contributed by atoms with Crippen molar-refractivity contribution in [1.29, 1.82) is 0 Å². The van der Waals surface area contributed by atoms with E-state index in [0.29, 0.717) is 17.1 Å². The van der Waals surface area contributed by atoms with Crippen molar-refractivity contribution in [1.82, 2.24) is 0 Å². The molecule has 110 valence electrons. The first-order chi connectivity index (χ1) is 10.0. The van der Waals surface area contributed by atoms with Gasteiger partial charge in [0, 0.05) is 16.4 Å². The number of nitrogen functional groups attached to an aromatic ring is 1. The number of hydrogen-bond donors (Lipinski definition) is 2. The number of halogens is 2. The molecule has 0 aromatic heterocycles. The molecule has 21 heavy (non-hydrogen) atoms. The molecular formula is C15H14ClFN2O2. The van der Waals surface area contributed by atoms with Crippen LogP contribution in [0.1, 0.15) is 6.42 Å². The lowest BCUT2D eigenvalue weighted by Gasteiger charge is -2.08. The summed E-state index contributed by atoms with van der Waals surface area (Å²) in [6.45, 7) is 0.207. The fourth-order valence-electron chi connectivity index (χ4n) is 1.68. The Morgan fingerprint density at radius 3 is 2.62 bits per heavy atom. The topological polar surface area (TPSA) is 64.3 Å². The summed E-state index contributed by atoms with van der Waals surface area (Å²) in [6.07, 6.45) is 0.137. The van der Waals surface area contributed by atoms with Crippen LogP contribution < -0.4 is 15.8 Å². The minimum atomic E-state index is -0.504. The summed E-state index contributed by atoms with van der Waals surface area (Å²) in [7, 11) is 0. The molecule has 2 rings (SSSR count). The Labute approximate surface area is 126 Å². The molecule has 0 unspecified atom stereocenters. The number of nitrogens with two attached hydrogens (primary N) is 1. The zero-order valence-corrected chi connectivity index (χ0v) is 11.9. The third-order valence-electron chi connectivity index (χ3n) is 2.62. The molecule has 0 saturated heterocycles. The standard InChI is InChI=1S/C15H14ClFN2O2/c16-10-7-11(17)9-13(8-10)19-15(20)5-6-21-14-3-1-12(18)2-4-14/h1-4,7-9H,5-6,18H2,(H,19,20). The summed E-state index contributed by atoms with van der Waals surface area (Å²) in [5.74, 6) is -0.158. The molecule has 2 aromatic carbocycles. The van der Waals surface area contributed by atoms with E-state index in [4.69, 9.17) is 22.1 Å². The highest BCUT2D eigenvalue weighted by Gasteiger charge is 2.05.